The molecule has 0 saturated carbocycles. The fourth-order valence-corrected chi connectivity index (χ4v) is 2.73. The van der Waals surface area contributed by atoms with Crippen molar-refractivity contribution in [2.45, 2.75) is 64.0 Å². The van der Waals surface area contributed by atoms with Crippen molar-refractivity contribution >= 4 is 5.91 Å². The predicted molar refractivity (Wildman–Crippen MR) is 104 cm³/mol. The lowest BCUT2D eigenvalue weighted by molar-refractivity contribution is -0.122. The Morgan fingerprint density at radius 2 is 2.04 bits per heavy atom. The molecule has 0 aliphatic rings. The van der Waals surface area contributed by atoms with E-state index in [2.05, 4.69) is 18.8 Å². The van der Waals surface area contributed by atoms with Crippen molar-refractivity contribution in [2.75, 3.05) is 13.2 Å². The Morgan fingerprint density at radius 3 is 2.72 bits per heavy atom. The minimum Gasteiger partial charge on any atom is -0.376 e. The Balaban J connectivity index is 2.13. The first kappa shape index (κ1) is 21.4. The lowest BCUT2D eigenvalue weighted by Crippen LogP contribution is -2.43. The fourth-order valence-electron chi connectivity index (χ4n) is 2.73. The topological polar surface area (TPSA) is 64.3 Å². The zero-order chi connectivity index (χ0) is 18.3. The molecule has 0 radical (unpaired) electrons. The summed E-state index contributed by atoms with van der Waals surface area (Å²) in [6, 6.07) is 9.31. The van der Waals surface area contributed by atoms with Gasteiger partial charge in [0.2, 0.25) is 5.91 Å². The van der Waals surface area contributed by atoms with E-state index in [4.69, 9.17) is 10.5 Å². The SMILES string of the molecule is C=CCCCCCC(CC)OCCNC(=O)[C@@H](N)Cc1ccccc1. The lowest BCUT2D eigenvalue weighted by atomic mass is 10.1. The van der Waals surface area contributed by atoms with Gasteiger partial charge in [0.15, 0.2) is 0 Å². The molecule has 2 atom stereocenters. The van der Waals surface area contributed by atoms with Gasteiger partial charge in [-0.2, -0.15) is 0 Å². The molecule has 140 valence electrons. The number of hydrogen-bond donors (Lipinski definition) is 2. The highest BCUT2D eigenvalue weighted by atomic mass is 16.5. The van der Waals surface area contributed by atoms with Gasteiger partial charge in [0.1, 0.15) is 0 Å². The van der Waals surface area contributed by atoms with E-state index in [0.29, 0.717) is 19.6 Å². The molecule has 0 fully saturated rings. The maximum Gasteiger partial charge on any atom is 0.237 e. The highest BCUT2D eigenvalue weighted by Crippen LogP contribution is 2.11. The molecular formula is C21H34N2O2. The van der Waals surface area contributed by atoms with Gasteiger partial charge in [-0.05, 0) is 37.7 Å². The van der Waals surface area contributed by atoms with Crippen molar-refractivity contribution in [1.29, 1.82) is 0 Å². The van der Waals surface area contributed by atoms with E-state index >= 15 is 0 Å². The third-order valence-electron chi connectivity index (χ3n) is 4.28. The number of hydrogen-bond acceptors (Lipinski definition) is 3. The van der Waals surface area contributed by atoms with Crippen LogP contribution in [0.25, 0.3) is 0 Å². The van der Waals surface area contributed by atoms with Crippen LogP contribution in [0.3, 0.4) is 0 Å². The number of nitrogens with one attached hydrogen (secondary N) is 1. The van der Waals surface area contributed by atoms with Crippen LogP contribution in [-0.2, 0) is 16.0 Å². The summed E-state index contributed by atoms with van der Waals surface area (Å²) in [4.78, 5) is 12.0. The molecule has 3 N–H and O–H groups in total. The predicted octanol–water partition coefficient (Wildman–Crippen LogP) is 3.60. The Kier molecular flexibility index (Phi) is 11.7. The number of carbonyl (C=O) groups excluding carboxylic acids is 1. The van der Waals surface area contributed by atoms with E-state index in [0.717, 1.165) is 24.8 Å². The molecular weight excluding hydrogens is 312 g/mol. The number of nitrogens with two attached hydrogens (primary N) is 1. The van der Waals surface area contributed by atoms with Crippen molar-refractivity contribution in [3.8, 4) is 0 Å². The maximum absolute atomic E-state index is 12.0. The van der Waals surface area contributed by atoms with Crippen LogP contribution >= 0.6 is 0 Å². The Morgan fingerprint density at radius 1 is 1.28 bits per heavy atom. The van der Waals surface area contributed by atoms with Gasteiger partial charge in [-0.3, -0.25) is 4.79 Å². The first-order valence-corrected chi connectivity index (χ1v) is 9.47. The first-order chi connectivity index (χ1) is 12.2. The zero-order valence-corrected chi connectivity index (χ0v) is 15.6. The van der Waals surface area contributed by atoms with Gasteiger partial charge in [-0.15, -0.1) is 6.58 Å². The molecule has 0 aromatic heterocycles. The summed E-state index contributed by atoms with van der Waals surface area (Å²) in [5.74, 6) is -0.120. The second kappa shape index (κ2) is 13.6. The maximum atomic E-state index is 12.0. The van der Waals surface area contributed by atoms with Gasteiger partial charge in [0.05, 0.1) is 18.8 Å². The number of unbranched alkanes of at least 4 members (excludes halogenated alkanes) is 3. The number of ether oxygens (including phenoxy) is 1. The summed E-state index contributed by atoms with van der Waals surface area (Å²) in [6.45, 7) is 6.93. The van der Waals surface area contributed by atoms with Gasteiger partial charge in [-0.1, -0.05) is 56.2 Å². The van der Waals surface area contributed by atoms with Crippen molar-refractivity contribution < 1.29 is 9.53 Å². The zero-order valence-electron chi connectivity index (χ0n) is 15.6. The van der Waals surface area contributed by atoms with Crippen LogP contribution in [0, 0.1) is 0 Å². The van der Waals surface area contributed by atoms with Crippen LogP contribution in [0.4, 0.5) is 0 Å². The minimum atomic E-state index is -0.519. The van der Waals surface area contributed by atoms with Crippen LogP contribution in [0.1, 0.15) is 51.0 Å². The van der Waals surface area contributed by atoms with E-state index in [9.17, 15) is 4.79 Å². The number of amides is 1. The van der Waals surface area contributed by atoms with Gasteiger partial charge in [0, 0.05) is 6.54 Å². The molecule has 1 amide bonds. The van der Waals surface area contributed by atoms with Crippen molar-refractivity contribution in [1.82, 2.24) is 5.32 Å². The van der Waals surface area contributed by atoms with Crippen LogP contribution in [0.5, 0.6) is 0 Å². The molecule has 0 bridgehead atoms. The van der Waals surface area contributed by atoms with E-state index in [1.165, 1.54) is 19.3 Å². The highest BCUT2D eigenvalue weighted by molar-refractivity contribution is 5.81. The summed E-state index contributed by atoms with van der Waals surface area (Å²) in [7, 11) is 0. The summed E-state index contributed by atoms with van der Waals surface area (Å²) in [5, 5.41) is 2.87. The van der Waals surface area contributed by atoms with Crippen LogP contribution in [0.2, 0.25) is 0 Å². The molecule has 25 heavy (non-hydrogen) atoms. The molecule has 0 aliphatic heterocycles. The molecule has 1 rings (SSSR count). The Bertz CT molecular complexity index is 476. The normalized spacial score (nSPS) is 13.2. The quantitative estimate of drug-likeness (QED) is 0.399. The first-order valence-electron chi connectivity index (χ1n) is 9.47. The smallest absolute Gasteiger partial charge is 0.237 e. The number of allylic oxidation sites excluding steroid dienone is 1. The number of carbonyl (C=O) groups is 1. The minimum absolute atomic E-state index is 0.120. The highest BCUT2D eigenvalue weighted by Gasteiger charge is 2.13. The average molecular weight is 347 g/mol. The molecule has 1 aromatic rings. The van der Waals surface area contributed by atoms with Crippen LogP contribution < -0.4 is 11.1 Å². The Hall–Kier alpha value is -1.65. The number of benzene rings is 1. The molecule has 4 heteroatoms. The molecule has 0 heterocycles. The number of rotatable bonds is 14. The van der Waals surface area contributed by atoms with Gasteiger partial charge in [0.25, 0.3) is 0 Å². The van der Waals surface area contributed by atoms with Crippen LogP contribution in [0.15, 0.2) is 43.0 Å². The van der Waals surface area contributed by atoms with E-state index in [1.807, 2.05) is 36.4 Å². The van der Waals surface area contributed by atoms with Gasteiger partial charge >= 0.3 is 0 Å². The molecule has 1 unspecified atom stereocenters. The monoisotopic (exact) mass is 346 g/mol. The summed E-state index contributed by atoms with van der Waals surface area (Å²) >= 11 is 0. The van der Waals surface area contributed by atoms with Crippen molar-refractivity contribution in [2.24, 2.45) is 5.73 Å². The van der Waals surface area contributed by atoms with E-state index in [1.54, 1.807) is 0 Å². The van der Waals surface area contributed by atoms with Gasteiger partial charge in [-0.25, -0.2) is 0 Å². The van der Waals surface area contributed by atoms with Gasteiger partial charge < -0.3 is 15.8 Å². The summed E-state index contributed by atoms with van der Waals surface area (Å²) in [6.07, 6.45) is 9.57. The second-order valence-corrected chi connectivity index (χ2v) is 6.41. The van der Waals surface area contributed by atoms with Crippen LogP contribution in [-0.4, -0.2) is 31.2 Å². The summed E-state index contributed by atoms with van der Waals surface area (Å²) < 4.78 is 5.87. The van der Waals surface area contributed by atoms with Crippen molar-refractivity contribution in [3.05, 3.63) is 48.6 Å². The molecule has 0 saturated heterocycles. The molecule has 1 aromatic carbocycles. The molecule has 0 aliphatic carbocycles. The van der Waals surface area contributed by atoms with E-state index < -0.39 is 6.04 Å². The third kappa shape index (κ3) is 10.0. The average Bonchev–Trinajstić information content (AvgIpc) is 2.63. The lowest BCUT2D eigenvalue weighted by Gasteiger charge is -2.17. The van der Waals surface area contributed by atoms with E-state index in [-0.39, 0.29) is 12.0 Å². The Labute approximate surface area is 152 Å². The fraction of sp³-hybridized carbons (Fsp3) is 0.571. The third-order valence-corrected chi connectivity index (χ3v) is 4.28. The molecule has 0 spiro atoms. The summed E-state index contributed by atoms with van der Waals surface area (Å²) in [5.41, 5.74) is 7.04. The standard InChI is InChI=1S/C21H34N2O2/c1-3-5-6-7-11-14-19(4-2)25-16-15-23-21(24)20(22)17-18-12-9-8-10-13-18/h3,8-10,12-13,19-20H,1,4-7,11,14-17,22H2,2H3,(H,23,24)/t19?,20-/m0/s1. The second-order valence-electron chi connectivity index (χ2n) is 6.41. The molecule has 4 nitrogen and oxygen atoms in total. The largest absolute Gasteiger partial charge is 0.376 e. The van der Waals surface area contributed by atoms with Crippen molar-refractivity contribution in [3.63, 3.8) is 0 Å².